The van der Waals surface area contributed by atoms with E-state index in [1.165, 1.54) is 11.3 Å². The van der Waals surface area contributed by atoms with E-state index in [0.29, 0.717) is 22.2 Å². The molecule has 24 heavy (non-hydrogen) atoms. The summed E-state index contributed by atoms with van der Waals surface area (Å²) >= 11 is 1.22. The number of nitrogens with zero attached hydrogens (tertiary/aromatic N) is 3. The zero-order chi connectivity index (χ0) is 17.0. The van der Waals surface area contributed by atoms with E-state index in [0.717, 1.165) is 31.7 Å². The zero-order valence-electron chi connectivity index (χ0n) is 13.1. The quantitative estimate of drug-likeness (QED) is 0.881. The number of anilines is 1. The average molecular weight is 362 g/mol. The fraction of sp³-hybridized carbons (Fsp3) is 0.375. The monoisotopic (exact) mass is 362 g/mol. The van der Waals surface area contributed by atoms with Crippen LogP contribution in [-0.4, -0.2) is 33.0 Å². The number of thiophene rings is 1. The minimum Gasteiger partial charge on any atom is -0.356 e. The van der Waals surface area contributed by atoms with Gasteiger partial charge in [0.15, 0.2) is 0 Å². The Bertz CT molecular complexity index is 820. The van der Waals surface area contributed by atoms with Gasteiger partial charge in [-0.05, 0) is 42.3 Å². The van der Waals surface area contributed by atoms with Crippen LogP contribution in [-0.2, 0) is 10.0 Å². The third kappa shape index (κ3) is 3.75. The highest BCUT2D eigenvalue weighted by Gasteiger charge is 2.24. The van der Waals surface area contributed by atoms with Gasteiger partial charge in [-0.3, -0.25) is 0 Å². The number of hydrogen-bond donors (Lipinski definition) is 1. The lowest BCUT2D eigenvalue weighted by atomic mass is 9.97. The van der Waals surface area contributed by atoms with Crippen LogP contribution < -0.4 is 9.62 Å². The molecule has 1 aliphatic rings. The van der Waals surface area contributed by atoms with Gasteiger partial charge in [-0.2, -0.15) is 5.26 Å². The maximum atomic E-state index is 12.1. The summed E-state index contributed by atoms with van der Waals surface area (Å²) in [4.78, 5) is 6.41. The van der Waals surface area contributed by atoms with Crippen LogP contribution in [0.3, 0.4) is 0 Å². The summed E-state index contributed by atoms with van der Waals surface area (Å²) in [5.41, 5.74) is 0.578. The van der Waals surface area contributed by atoms with Crippen LogP contribution in [0.2, 0.25) is 0 Å². The Morgan fingerprint density at radius 3 is 2.79 bits per heavy atom. The largest absolute Gasteiger partial charge is 0.356 e. The van der Waals surface area contributed by atoms with Gasteiger partial charge in [-0.1, -0.05) is 6.07 Å². The summed E-state index contributed by atoms with van der Waals surface area (Å²) in [5, 5.41) is 10.9. The van der Waals surface area contributed by atoms with Gasteiger partial charge in [-0.15, -0.1) is 11.3 Å². The molecule has 3 heterocycles. The van der Waals surface area contributed by atoms with Crippen molar-refractivity contribution in [3.05, 3.63) is 41.4 Å². The van der Waals surface area contributed by atoms with E-state index in [9.17, 15) is 13.7 Å². The molecule has 1 saturated heterocycles. The molecular weight excluding hydrogens is 344 g/mol. The lowest BCUT2D eigenvalue weighted by Crippen LogP contribution is -2.39. The predicted octanol–water partition coefficient (Wildman–Crippen LogP) is 2.21. The van der Waals surface area contributed by atoms with Crippen LogP contribution in [0.25, 0.3) is 0 Å². The topological polar surface area (TPSA) is 86.1 Å². The van der Waals surface area contributed by atoms with Gasteiger partial charge < -0.3 is 4.90 Å². The van der Waals surface area contributed by atoms with Crippen molar-refractivity contribution >= 4 is 27.2 Å². The normalized spacial score (nSPS) is 16.0. The van der Waals surface area contributed by atoms with Gasteiger partial charge in [0.2, 0.25) is 10.0 Å². The second-order valence-corrected chi connectivity index (χ2v) is 8.64. The van der Waals surface area contributed by atoms with Crippen molar-refractivity contribution in [3.63, 3.8) is 0 Å². The molecule has 0 aromatic carbocycles. The number of pyridine rings is 1. The Morgan fingerprint density at radius 1 is 1.33 bits per heavy atom. The Labute approximate surface area is 145 Å². The van der Waals surface area contributed by atoms with Gasteiger partial charge in [0, 0.05) is 25.8 Å². The second kappa shape index (κ2) is 7.30. The maximum Gasteiger partial charge on any atom is 0.250 e. The van der Waals surface area contributed by atoms with Gasteiger partial charge in [0.05, 0.1) is 5.56 Å². The Balaban J connectivity index is 1.55. The molecule has 2 aromatic heterocycles. The first-order valence-electron chi connectivity index (χ1n) is 7.73. The van der Waals surface area contributed by atoms with Crippen molar-refractivity contribution < 1.29 is 8.42 Å². The summed E-state index contributed by atoms with van der Waals surface area (Å²) in [6.07, 6.45) is 3.43. The van der Waals surface area contributed by atoms with E-state index in [2.05, 4.69) is 20.7 Å². The highest BCUT2D eigenvalue weighted by Crippen LogP contribution is 2.24. The van der Waals surface area contributed by atoms with E-state index < -0.39 is 10.0 Å². The smallest absolute Gasteiger partial charge is 0.250 e. The molecule has 1 N–H and O–H groups in total. The third-order valence-electron chi connectivity index (χ3n) is 4.14. The van der Waals surface area contributed by atoms with Gasteiger partial charge >= 0.3 is 0 Å². The summed E-state index contributed by atoms with van der Waals surface area (Å²) in [5.74, 6) is 1.02. The lowest BCUT2D eigenvalue weighted by molar-refractivity contribution is 0.400. The number of rotatable bonds is 5. The minimum absolute atomic E-state index is 0.297. The van der Waals surface area contributed by atoms with E-state index in [4.69, 9.17) is 0 Å². The Morgan fingerprint density at radius 2 is 2.12 bits per heavy atom. The van der Waals surface area contributed by atoms with E-state index in [1.807, 2.05) is 0 Å². The van der Waals surface area contributed by atoms with Crippen LogP contribution in [0.15, 0.2) is 40.1 Å². The van der Waals surface area contributed by atoms with E-state index >= 15 is 0 Å². The second-order valence-electron chi connectivity index (χ2n) is 5.70. The van der Waals surface area contributed by atoms with Crippen molar-refractivity contribution in [2.24, 2.45) is 5.92 Å². The Kier molecular flexibility index (Phi) is 5.14. The van der Waals surface area contributed by atoms with Crippen molar-refractivity contribution in [1.82, 2.24) is 9.71 Å². The molecule has 0 bridgehead atoms. The number of nitrogens with one attached hydrogen (secondary N) is 1. The van der Waals surface area contributed by atoms with Crippen LogP contribution in [0, 0.1) is 17.2 Å². The summed E-state index contributed by atoms with van der Waals surface area (Å²) < 4.78 is 27.4. The molecule has 0 spiro atoms. The molecule has 0 radical (unpaired) electrons. The molecule has 126 valence electrons. The van der Waals surface area contributed by atoms with Crippen molar-refractivity contribution in [2.75, 3.05) is 24.5 Å². The summed E-state index contributed by atoms with van der Waals surface area (Å²) in [6.45, 7) is 2.00. The standard InChI is InChI=1S/C16H18N4O2S2/c17-11-14-3-1-7-18-16(14)20-8-5-13(6-9-20)12-19-24(21,22)15-4-2-10-23-15/h1-4,7,10,13,19H,5-6,8-9,12H2. The van der Waals surface area contributed by atoms with Crippen molar-refractivity contribution in [3.8, 4) is 6.07 Å². The zero-order valence-corrected chi connectivity index (χ0v) is 14.7. The highest BCUT2D eigenvalue weighted by atomic mass is 32.2. The molecule has 3 rings (SSSR count). The number of piperidine rings is 1. The number of hydrogen-bond acceptors (Lipinski definition) is 6. The molecule has 0 saturated carbocycles. The highest BCUT2D eigenvalue weighted by molar-refractivity contribution is 7.91. The first-order chi connectivity index (χ1) is 11.6. The fourth-order valence-electron chi connectivity index (χ4n) is 2.80. The molecule has 8 heteroatoms. The number of aromatic nitrogens is 1. The molecule has 2 aromatic rings. The molecular formula is C16H18N4O2S2. The first kappa shape index (κ1) is 16.9. The number of sulfonamides is 1. The fourth-order valence-corrected chi connectivity index (χ4v) is 4.95. The summed E-state index contributed by atoms with van der Waals surface area (Å²) in [6, 6.07) is 9.04. The molecule has 0 aliphatic carbocycles. The van der Waals surface area contributed by atoms with Crippen molar-refractivity contribution in [2.45, 2.75) is 17.1 Å². The van der Waals surface area contributed by atoms with E-state index in [1.54, 1.807) is 35.8 Å². The molecule has 0 amide bonds. The third-order valence-corrected chi connectivity index (χ3v) is 6.96. The molecule has 1 aliphatic heterocycles. The van der Waals surface area contributed by atoms with Crippen LogP contribution >= 0.6 is 11.3 Å². The first-order valence-corrected chi connectivity index (χ1v) is 10.1. The predicted molar refractivity (Wildman–Crippen MR) is 93.4 cm³/mol. The van der Waals surface area contributed by atoms with Crippen LogP contribution in [0.1, 0.15) is 18.4 Å². The SMILES string of the molecule is N#Cc1cccnc1N1CCC(CNS(=O)(=O)c2cccs2)CC1. The van der Waals surface area contributed by atoms with Crippen LogP contribution in [0.4, 0.5) is 5.82 Å². The van der Waals surface area contributed by atoms with Gasteiger partial charge in [0.1, 0.15) is 16.1 Å². The van der Waals surface area contributed by atoms with Crippen molar-refractivity contribution in [1.29, 1.82) is 5.26 Å². The van der Waals surface area contributed by atoms with Crippen LogP contribution in [0.5, 0.6) is 0 Å². The van der Waals surface area contributed by atoms with E-state index in [-0.39, 0.29) is 0 Å². The van der Waals surface area contributed by atoms with Gasteiger partial charge in [0.25, 0.3) is 0 Å². The lowest BCUT2D eigenvalue weighted by Gasteiger charge is -2.33. The number of nitriles is 1. The summed E-state index contributed by atoms with van der Waals surface area (Å²) in [7, 11) is -3.39. The Hall–Kier alpha value is -1.95. The minimum atomic E-state index is -3.39. The molecule has 0 unspecified atom stereocenters. The van der Waals surface area contributed by atoms with Gasteiger partial charge in [-0.25, -0.2) is 18.1 Å². The molecule has 0 atom stereocenters. The molecule has 1 fully saturated rings. The molecule has 6 nitrogen and oxygen atoms in total. The maximum absolute atomic E-state index is 12.1. The average Bonchev–Trinajstić information content (AvgIpc) is 3.16.